The van der Waals surface area contributed by atoms with Crippen molar-refractivity contribution in [1.82, 2.24) is 4.31 Å². The van der Waals surface area contributed by atoms with Crippen LogP contribution in [0.5, 0.6) is 5.75 Å². The van der Waals surface area contributed by atoms with Gasteiger partial charge in [0.15, 0.2) is 6.10 Å². The van der Waals surface area contributed by atoms with Gasteiger partial charge in [0.2, 0.25) is 10.0 Å². The number of hydrogen-bond acceptors (Lipinski definition) is 6. The highest BCUT2D eigenvalue weighted by atomic mass is 32.2. The Morgan fingerprint density at radius 3 is 2.46 bits per heavy atom. The number of methoxy groups -OCH3 is 1. The number of nitrogens with zero attached hydrogens (tertiary/aromatic N) is 1. The molecule has 0 saturated carbocycles. The Morgan fingerprint density at radius 2 is 1.92 bits per heavy atom. The number of carbonyl (C=O) groups excluding carboxylic acids is 2. The Morgan fingerprint density at radius 1 is 1.29 bits per heavy atom. The lowest BCUT2D eigenvalue weighted by Gasteiger charge is -2.23. The normalized spacial score (nSPS) is 19.7. The van der Waals surface area contributed by atoms with Crippen LogP contribution in [0, 0.1) is 0 Å². The second-order valence-electron chi connectivity index (χ2n) is 5.43. The molecule has 1 aromatic rings. The molecule has 0 aliphatic carbocycles. The summed E-state index contributed by atoms with van der Waals surface area (Å²) in [6.45, 7) is 1.55. The lowest BCUT2D eigenvalue weighted by atomic mass is 10.2. The molecule has 9 heteroatoms. The number of nitrogens with two attached hydrogens (primary N) is 1. The highest BCUT2D eigenvalue weighted by Gasteiger charge is 2.41. The van der Waals surface area contributed by atoms with Crippen molar-refractivity contribution >= 4 is 21.9 Å². The predicted molar refractivity (Wildman–Crippen MR) is 84.7 cm³/mol. The fraction of sp³-hybridized carbons (Fsp3) is 0.467. The van der Waals surface area contributed by atoms with Crippen LogP contribution in [0.1, 0.15) is 19.8 Å². The Kier molecular flexibility index (Phi) is 5.45. The maximum absolute atomic E-state index is 12.8. The molecule has 1 heterocycles. The van der Waals surface area contributed by atoms with Crippen LogP contribution in [0.3, 0.4) is 0 Å². The van der Waals surface area contributed by atoms with Crippen LogP contribution < -0.4 is 10.5 Å². The summed E-state index contributed by atoms with van der Waals surface area (Å²) in [6, 6.07) is 4.94. The number of ether oxygens (including phenoxy) is 2. The summed E-state index contributed by atoms with van der Waals surface area (Å²) in [7, 11) is -2.37. The summed E-state index contributed by atoms with van der Waals surface area (Å²) >= 11 is 0. The Bertz CT molecular complexity index is 716. The van der Waals surface area contributed by atoms with Crippen LogP contribution in [0.2, 0.25) is 0 Å². The van der Waals surface area contributed by atoms with Gasteiger partial charge in [-0.05, 0) is 44.0 Å². The summed E-state index contributed by atoms with van der Waals surface area (Å²) in [6.07, 6.45) is -0.247. The number of benzene rings is 1. The van der Waals surface area contributed by atoms with Crippen LogP contribution in [0.4, 0.5) is 0 Å². The zero-order valence-corrected chi connectivity index (χ0v) is 14.3. The first kappa shape index (κ1) is 18.2. The number of amides is 1. The van der Waals surface area contributed by atoms with Crippen molar-refractivity contribution in [2.24, 2.45) is 5.73 Å². The molecule has 1 aliphatic heterocycles. The van der Waals surface area contributed by atoms with E-state index in [0.29, 0.717) is 18.6 Å². The van der Waals surface area contributed by atoms with Gasteiger partial charge in [-0.15, -0.1) is 0 Å². The number of primary amides is 1. The molecule has 0 unspecified atom stereocenters. The molecule has 1 aliphatic rings. The summed E-state index contributed by atoms with van der Waals surface area (Å²) < 4.78 is 36.6. The minimum absolute atomic E-state index is 0.0611. The number of esters is 1. The van der Waals surface area contributed by atoms with E-state index in [1.807, 2.05) is 0 Å². The van der Waals surface area contributed by atoms with Gasteiger partial charge in [-0.2, -0.15) is 4.31 Å². The largest absolute Gasteiger partial charge is 0.497 e. The highest BCUT2D eigenvalue weighted by molar-refractivity contribution is 7.89. The molecule has 2 N–H and O–H groups in total. The quantitative estimate of drug-likeness (QED) is 0.731. The average molecular weight is 356 g/mol. The third-order valence-electron chi connectivity index (χ3n) is 3.84. The van der Waals surface area contributed by atoms with Crippen molar-refractivity contribution in [3.63, 3.8) is 0 Å². The van der Waals surface area contributed by atoms with E-state index in [9.17, 15) is 18.0 Å². The van der Waals surface area contributed by atoms with Crippen molar-refractivity contribution < 1.29 is 27.5 Å². The van der Waals surface area contributed by atoms with E-state index in [2.05, 4.69) is 0 Å². The van der Waals surface area contributed by atoms with Crippen LogP contribution in [0.15, 0.2) is 29.2 Å². The molecule has 0 aromatic heterocycles. The van der Waals surface area contributed by atoms with Gasteiger partial charge in [0, 0.05) is 6.54 Å². The molecule has 0 spiro atoms. The smallest absolute Gasteiger partial charge is 0.325 e. The van der Waals surface area contributed by atoms with Gasteiger partial charge < -0.3 is 15.2 Å². The van der Waals surface area contributed by atoms with Gasteiger partial charge in [-0.3, -0.25) is 9.59 Å². The second kappa shape index (κ2) is 7.18. The van der Waals surface area contributed by atoms with E-state index >= 15 is 0 Å². The molecule has 0 radical (unpaired) electrons. The molecule has 1 fully saturated rings. The lowest BCUT2D eigenvalue weighted by molar-refractivity contribution is -0.156. The first-order chi connectivity index (χ1) is 11.3. The van der Waals surface area contributed by atoms with E-state index in [1.54, 1.807) is 0 Å². The van der Waals surface area contributed by atoms with E-state index in [0.717, 1.165) is 4.31 Å². The van der Waals surface area contributed by atoms with Crippen LogP contribution >= 0.6 is 0 Å². The zero-order chi connectivity index (χ0) is 17.9. The van der Waals surface area contributed by atoms with Crippen molar-refractivity contribution in [1.29, 1.82) is 0 Å². The summed E-state index contributed by atoms with van der Waals surface area (Å²) in [5, 5.41) is 0. The van der Waals surface area contributed by atoms with Crippen molar-refractivity contribution in [3.8, 4) is 5.75 Å². The fourth-order valence-corrected chi connectivity index (χ4v) is 4.10. The minimum atomic E-state index is -3.85. The molecule has 8 nitrogen and oxygen atoms in total. The molecular weight excluding hydrogens is 336 g/mol. The van der Waals surface area contributed by atoms with Gasteiger partial charge in [-0.25, -0.2) is 8.42 Å². The van der Waals surface area contributed by atoms with Gasteiger partial charge in [-0.1, -0.05) is 0 Å². The molecule has 132 valence electrons. The van der Waals surface area contributed by atoms with Crippen LogP contribution in [0.25, 0.3) is 0 Å². The minimum Gasteiger partial charge on any atom is -0.497 e. The van der Waals surface area contributed by atoms with Gasteiger partial charge >= 0.3 is 5.97 Å². The molecule has 1 amide bonds. The van der Waals surface area contributed by atoms with E-state index in [4.69, 9.17) is 15.2 Å². The summed E-state index contributed by atoms with van der Waals surface area (Å²) in [5.74, 6) is -1.02. The number of sulfonamides is 1. The van der Waals surface area contributed by atoms with E-state index in [1.165, 1.54) is 38.3 Å². The van der Waals surface area contributed by atoms with Gasteiger partial charge in [0.1, 0.15) is 11.8 Å². The molecule has 0 bridgehead atoms. The van der Waals surface area contributed by atoms with Gasteiger partial charge in [0.05, 0.1) is 12.0 Å². The maximum atomic E-state index is 12.8. The monoisotopic (exact) mass is 356 g/mol. The maximum Gasteiger partial charge on any atom is 0.325 e. The molecule has 1 saturated heterocycles. The summed E-state index contributed by atoms with van der Waals surface area (Å²) in [5.41, 5.74) is 5.06. The average Bonchev–Trinajstić information content (AvgIpc) is 3.05. The molecule has 2 atom stereocenters. The first-order valence-electron chi connectivity index (χ1n) is 7.43. The Balaban J connectivity index is 2.21. The first-order valence-corrected chi connectivity index (χ1v) is 8.87. The third-order valence-corrected chi connectivity index (χ3v) is 5.76. The standard InChI is InChI=1S/C15H20N2O6S/c1-10(14(16)18)23-15(19)13-4-3-9-17(13)24(20,21)12-7-5-11(22-2)6-8-12/h5-8,10,13H,3-4,9H2,1-2H3,(H2,16,18)/t10-,13-/m0/s1. The third kappa shape index (κ3) is 3.68. The van der Waals surface area contributed by atoms with Crippen molar-refractivity contribution in [2.45, 2.75) is 36.8 Å². The van der Waals surface area contributed by atoms with Crippen LogP contribution in [-0.4, -0.2) is 50.4 Å². The predicted octanol–water partition coefficient (Wildman–Crippen LogP) is 0.265. The Hall–Kier alpha value is -2.13. The SMILES string of the molecule is COc1ccc(S(=O)(=O)N2CCC[C@H]2C(=O)O[C@@H](C)C(N)=O)cc1. The summed E-state index contributed by atoms with van der Waals surface area (Å²) in [4.78, 5) is 23.3. The number of carbonyl (C=O) groups is 2. The number of rotatable bonds is 6. The second-order valence-corrected chi connectivity index (χ2v) is 7.32. The van der Waals surface area contributed by atoms with E-state index in [-0.39, 0.29) is 11.4 Å². The molecule has 1 aromatic carbocycles. The van der Waals surface area contributed by atoms with Crippen LogP contribution in [-0.2, 0) is 24.3 Å². The van der Waals surface area contributed by atoms with Gasteiger partial charge in [0.25, 0.3) is 5.91 Å². The zero-order valence-electron chi connectivity index (χ0n) is 13.5. The number of hydrogen-bond donors (Lipinski definition) is 1. The lowest BCUT2D eigenvalue weighted by Crippen LogP contribution is -2.43. The van der Waals surface area contributed by atoms with E-state index < -0.39 is 34.0 Å². The highest BCUT2D eigenvalue weighted by Crippen LogP contribution is 2.28. The fourth-order valence-electron chi connectivity index (χ4n) is 2.46. The molecule has 2 rings (SSSR count). The topological polar surface area (TPSA) is 116 Å². The Labute approximate surface area is 140 Å². The van der Waals surface area contributed by atoms with Crippen molar-refractivity contribution in [2.75, 3.05) is 13.7 Å². The molecular formula is C15H20N2O6S. The molecule has 24 heavy (non-hydrogen) atoms. The van der Waals surface area contributed by atoms with Crippen molar-refractivity contribution in [3.05, 3.63) is 24.3 Å².